The molecular weight excluding hydrogens is 228 g/mol. The molecule has 100 valence electrons. The van der Waals surface area contributed by atoms with Crippen molar-refractivity contribution in [2.24, 2.45) is 0 Å². The first-order valence-electron chi connectivity index (χ1n) is 6.72. The zero-order chi connectivity index (χ0) is 12.8. The van der Waals surface area contributed by atoms with Gasteiger partial charge in [-0.3, -0.25) is 4.90 Å². The Kier molecular flexibility index (Phi) is 4.75. The number of ether oxygens (including phenoxy) is 1. The average Bonchev–Trinajstić information content (AvgIpc) is 2.82. The monoisotopic (exact) mass is 250 g/mol. The van der Waals surface area contributed by atoms with E-state index in [-0.39, 0.29) is 0 Å². The summed E-state index contributed by atoms with van der Waals surface area (Å²) in [6, 6.07) is 1.88. The highest BCUT2D eigenvalue weighted by Gasteiger charge is 2.11. The summed E-state index contributed by atoms with van der Waals surface area (Å²) in [6.45, 7) is 8.89. The van der Waals surface area contributed by atoms with Crippen LogP contribution < -0.4 is 10.1 Å². The van der Waals surface area contributed by atoms with Crippen LogP contribution in [0, 0.1) is 6.92 Å². The zero-order valence-corrected chi connectivity index (χ0v) is 11.3. The number of hydrogen-bond acceptors (Lipinski definition) is 5. The Hall–Kier alpha value is -1.36. The molecule has 2 heterocycles. The molecule has 0 saturated carbocycles. The van der Waals surface area contributed by atoms with Crippen LogP contribution in [0.4, 0.5) is 5.95 Å². The summed E-state index contributed by atoms with van der Waals surface area (Å²) in [5.41, 5.74) is 0.928. The Labute approximate surface area is 109 Å². The third-order valence-corrected chi connectivity index (χ3v) is 3.02. The van der Waals surface area contributed by atoms with E-state index in [9.17, 15) is 0 Å². The van der Waals surface area contributed by atoms with Crippen molar-refractivity contribution < 1.29 is 4.74 Å². The molecule has 1 fully saturated rings. The largest absolute Gasteiger partial charge is 0.476 e. The fourth-order valence-corrected chi connectivity index (χ4v) is 2.14. The molecule has 0 radical (unpaired) electrons. The minimum Gasteiger partial charge on any atom is -0.476 e. The SMILES string of the molecule is CCNc1nc(C)cc(OCCN2CCCC2)n1. The molecule has 1 N–H and O–H groups in total. The first-order chi connectivity index (χ1) is 8.78. The maximum Gasteiger partial charge on any atom is 0.226 e. The maximum atomic E-state index is 5.70. The molecule has 5 heteroatoms. The molecule has 0 unspecified atom stereocenters. The summed E-state index contributed by atoms with van der Waals surface area (Å²) in [7, 11) is 0. The number of anilines is 1. The van der Waals surface area contributed by atoms with Crippen LogP contribution in [0.3, 0.4) is 0 Å². The first kappa shape index (κ1) is 13.1. The predicted molar refractivity (Wildman–Crippen MR) is 72.1 cm³/mol. The quantitative estimate of drug-likeness (QED) is 0.832. The fourth-order valence-electron chi connectivity index (χ4n) is 2.14. The molecule has 5 nitrogen and oxygen atoms in total. The first-order valence-corrected chi connectivity index (χ1v) is 6.72. The number of likely N-dealkylation sites (tertiary alicyclic amines) is 1. The van der Waals surface area contributed by atoms with Gasteiger partial charge in [-0.05, 0) is 39.8 Å². The van der Waals surface area contributed by atoms with Crippen molar-refractivity contribution in [2.45, 2.75) is 26.7 Å². The van der Waals surface area contributed by atoms with Gasteiger partial charge in [0.1, 0.15) is 6.61 Å². The van der Waals surface area contributed by atoms with Crippen LogP contribution in [0.5, 0.6) is 5.88 Å². The molecule has 0 spiro atoms. The Morgan fingerprint density at radius 2 is 2.11 bits per heavy atom. The lowest BCUT2D eigenvalue weighted by Crippen LogP contribution is -2.25. The average molecular weight is 250 g/mol. The number of nitrogens with one attached hydrogen (secondary N) is 1. The summed E-state index contributed by atoms with van der Waals surface area (Å²) >= 11 is 0. The van der Waals surface area contributed by atoms with Gasteiger partial charge in [0.15, 0.2) is 0 Å². The van der Waals surface area contributed by atoms with Crippen LogP contribution in [0.2, 0.25) is 0 Å². The van der Waals surface area contributed by atoms with Crippen molar-refractivity contribution in [1.29, 1.82) is 0 Å². The van der Waals surface area contributed by atoms with E-state index in [1.807, 2.05) is 19.9 Å². The lowest BCUT2D eigenvalue weighted by atomic mass is 10.4. The van der Waals surface area contributed by atoms with Gasteiger partial charge >= 0.3 is 0 Å². The molecule has 18 heavy (non-hydrogen) atoms. The smallest absolute Gasteiger partial charge is 0.226 e. The number of nitrogens with zero attached hydrogens (tertiary/aromatic N) is 3. The molecule has 1 aliphatic heterocycles. The number of hydrogen-bond donors (Lipinski definition) is 1. The molecule has 1 aliphatic rings. The maximum absolute atomic E-state index is 5.70. The minimum absolute atomic E-state index is 0.647. The van der Waals surface area contributed by atoms with Crippen molar-refractivity contribution in [3.05, 3.63) is 11.8 Å². The van der Waals surface area contributed by atoms with E-state index >= 15 is 0 Å². The van der Waals surface area contributed by atoms with Crippen LogP contribution in [0.1, 0.15) is 25.5 Å². The van der Waals surface area contributed by atoms with Crippen LogP contribution >= 0.6 is 0 Å². The second-order valence-electron chi connectivity index (χ2n) is 4.60. The van der Waals surface area contributed by atoms with Gasteiger partial charge in [0.05, 0.1) is 0 Å². The predicted octanol–water partition coefficient (Wildman–Crippen LogP) is 1.69. The van der Waals surface area contributed by atoms with Gasteiger partial charge in [-0.15, -0.1) is 0 Å². The lowest BCUT2D eigenvalue weighted by molar-refractivity contribution is 0.232. The van der Waals surface area contributed by atoms with Crippen molar-refractivity contribution >= 4 is 5.95 Å². The molecule has 0 bridgehead atoms. The van der Waals surface area contributed by atoms with Crippen molar-refractivity contribution in [3.63, 3.8) is 0 Å². The van der Waals surface area contributed by atoms with Crippen molar-refractivity contribution in [3.8, 4) is 5.88 Å². The topological polar surface area (TPSA) is 50.3 Å². The molecule has 0 amide bonds. The van der Waals surface area contributed by atoms with E-state index in [1.54, 1.807) is 0 Å². The number of rotatable bonds is 6. The van der Waals surface area contributed by atoms with Crippen LogP contribution in [-0.2, 0) is 0 Å². The fraction of sp³-hybridized carbons (Fsp3) is 0.692. The molecule has 0 aromatic carbocycles. The van der Waals surface area contributed by atoms with Crippen LogP contribution in [0.25, 0.3) is 0 Å². The van der Waals surface area contributed by atoms with E-state index < -0.39 is 0 Å². The van der Waals surface area contributed by atoms with Crippen molar-refractivity contribution in [1.82, 2.24) is 14.9 Å². The molecule has 1 saturated heterocycles. The van der Waals surface area contributed by atoms with Crippen LogP contribution in [-0.4, -0.2) is 47.7 Å². The summed E-state index contributed by atoms with van der Waals surface area (Å²) in [6.07, 6.45) is 2.63. The van der Waals surface area contributed by atoms with E-state index in [1.165, 1.54) is 25.9 Å². The van der Waals surface area contributed by atoms with Gasteiger partial charge in [-0.25, -0.2) is 4.98 Å². The lowest BCUT2D eigenvalue weighted by Gasteiger charge is -2.15. The van der Waals surface area contributed by atoms with Gasteiger partial charge in [0, 0.05) is 24.8 Å². The molecule has 0 aliphatic carbocycles. The third-order valence-electron chi connectivity index (χ3n) is 3.02. The highest BCUT2D eigenvalue weighted by molar-refractivity contribution is 5.30. The minimum atomic E-state index is 0.647. The van der Waals surface area contributed by atoms with Gasteiger partial charge in [0.2, 0.25) is 11.8 Å². The Morgan fingerprint density at radius 3 is 2.83 bits per heavy atom. The Morgan fingerprint density at radius 1 is 1.33 bits per heavy atom. The highest BCUT2D eigenvalue weighted by atomic mass is 16.5. The summed E-state index contributed by atoms with van der Waals surface area (Å²) in [5.74, 6) is 1.31. The summed E-state index contributed by atoms with van der Waals surface area (Å²) < 4.78 is 5.70. The van der Waals surface area contributed by atoms with Gasteiger partial charge in [-0.1, -0.05) is 0 Å². The van der Waals surface area contributed by atoms with E-state index in [2.05, 4.69) is 20.2 Å². The number of aromatic nitrogens is 2. The second kappa shape index (κ2) is 6.54. The molecule has 1 aromatic heterocycles. The summed E-state index contributed by atoms with van der Waals surface area (Å²) in [5, 5.41) is 3.11. The third kappa shape index (κ3) is 3.84. The summed E-state index contributed by atoms with van der Waals surface area (Å²) in [4.78, 5) is 11.1. The van der Waals surface area contributed by atoms with Gasteiger partial charge < -0.3 is 10.1 Å². The standard InChI is InChI=1S/C13H22N4O/c1-3-14-13-15-11(2)10-12(16-13)18-9-8-17-6-4-5-7-17/h10H,3-9H2,1-2H3,(H,14,15,16). The molecular formula is C13H22N4O. The van der Waals surface area contributed by atoms with Crippen LogP contribution in [0.15, 0.2) is 6.07 Å². The normalized spacial score (nSPS) is 15.9. The number of aryl methyl sites for hydroxylation is 1. The molecule has 1 aromatic rings. The van der Waals surface area contributed by atoms with Crippen molar-refractivity contribution in [2.75, 3.05) is 38.1 Å². The molecule has 2 rings (SSSR count). The van der Waals surface area contributed by atoms with E-state index in [4.69, 9.17) is 4.74 Å². The van der Waals surface area contributed by atoms with Gasteiger partial charge in [0.25, 0.3) is 0 Å². The van der Waals surface area contributed by atoms with E-state index in [0.29, 0.717) is 18.4 Å². The zero-order valence-electron chi connectivity index (χ0n) is 11.3. The van der Waals surface area contributed by atoms with E-state index in [0.717, 1.165) is 18.8 Å². The second-order valence-corrected chi connectivity index (χ2v) is 4.60. The molecule has 0 atom stereocenters. The Balaban J connectivity index is 1.83. The highest BCUT2D eigenvalue weighted by Crippen LogP contribution is 2.12. The van der Waals surface area contributed by atoms with Gasteiger partial charge in [-0.2, -0.15) is 4.98 Å². The Bertz CT molecular complexity index is 377.